The molecular formula is C20H23FN3O4S+. The third kappa shape index (κ3) is 5.26. The van der Waals surface area contributed by atoms with Gasteiger partial charge in [0.05, 0.1) is 31.1 Å². The van der Waals surface area contributed by atoms with E-state index in [1.165, 1.54) is 23.4 Å². The summed E-state index contributed by atoms with van der Waals surface area (Å²) in [5.74, 6) is -0.765. The van der Waals surface area contributed by atoms with Crippen molar-refractivity contribution in [2.45, 2.75) is 11.8 Å². The lowest BCUT2D eigenvalue weighted by Gasteiger charge is -2.31. The smallest absolute Gasteiger partial charge is 0.279 e. The standard InChI is InChI=1S/C20H22FN3O4S/c1-15(25)16-3-2-4-18(13-16)22-20(26)14-23-9-11-24(12-10-23)29(27,28)19-7-5-17(21)6-8-19/h2-8,13H,9-12,14H2,1H3,(H,22,26)/p+1. The number of ketones is 1. The molecule has 1 fully saturated rings. The number of anilines is 1. The quantitative estimate of drug-likeness (QED) is 0.669. The Kier molecular flexibility index (Phi) is 6.41. The molecule has 154 valence electrons. The first-order valence-electron chi connectivity index (χ1n) is 9.26. The highest BCUT2D eigenvalue weighted by Gasteiger charge is 2.31. The van der Waals surface area contributed by atoms with Crippen LogP contribution in [0, 0.1) is 5.82 Å². The molecule has 2 aromatic rings. The Labute approximate surface area is 169 Å². The van der Waals surface area contributed by atoms with Crippen LogP contribution in [0.1, 0.15) is 17.3 Å². The van der Waals surface area contributed by atoms with Gasteiger partial charge in [-0.05, 0) is 43.3 Å². The summed E-state index contributed by atoms with van der Waals surface area (Å²) >= 11 is 0. The number of carbonyl (C=O) groups excluding carboxylic acids is 2. The lowest BCUT2D eigenvalue weighted by Crippen LogP contribution is -3.15. The number of nitrogens with zero attached hydrogens (tertiary/aromatic N) is 1. The molecule has 0 radical (unpaired) electrons. The molecule has 1 amide bonds. The van der Waals surface area contributed by atoms with Crippen molar-refractivity contribution in [3.63, 3.8) is 0 Å². The van der Waals surface area contributed by atoms with E-state index in [0.717, 1.165) is 17.0 Å². The van der Waals surface area contributed by atoms with Gasteiger partial charge in [-0.25, -0.2) is 12.8 Å². The number of quaternary nitrogens is 1. The van der Waals surface area contributed by atoms with Crippen LogP contribution in [0.4, 0.5) is 10.1 Å². The van der Waals surface area contributed by atoms with E-state index < -0.39 is 15.8 Å². The molecule has 0 bridgehead atoms. The Morgan fingerprint density at radius 1 is 1.10 bits per heavy atom. The van der Waals surface area contributed by atoms with Crippen LogP contribution in [-0.2, 0) is 14.8 Å². The van der Waals surface area contributed by atoms with Crippen molar-refractivity contribution in [2.75, 3.05) is 38.0 Å². The summed E-state index contributed by atoms with van der Waals surface area (Å²) in [5.41, 5.74) is 1.08. The number of amides is 1. The second kappa shape index (κ2) is 8.81. The maximum atomic E-state index is 13.0. The molecule has 2 aromatic carbocycles. The minimum Gasteiger partial charge on any atom is -0.325 e. The van der Waals surface area contributed by atoms with Crippen molar-refractivity contribution in [2.24, 2.45) is 0 Å². The number of halogens is 1. The number of hydrogen-bond donors (Lipinski definition) is 2. The van der Waals surface area contributed by atoms with Crippen LogP contribution in [0.2, 0.25) is 0 Å². The zero-order chi connectivity index (χ0) is 21.0. The fourth-order valence-electron chi connectivity index (χ4n) is 3.22. The zero-order valence-electron chi connectivity index (χ0n) is 16.0. The molecule has 1 aliphatic rings. The number of piperazine rings is 1. The summed E-state index contributed by atoms with van der Waals surface area (Å²) in [6.07, 6.45) is 0. The highest BCUT2D eigenvalue weighted by atomic mass is 32.2. The Hall–Kier alpha value is -2.62. The van der Waals surface area contributed by atoms with Gasteiger partial charge in [-0.1, -0.05) is 12.1 Å². The van der Waals surface area contributed by atoms with Gasteiger partial charge < -0.3 is 10.2 Å². The van der Waals surface area contributed by atoms with Crippen molar-refractivity contribution in [3.05, 3.63) is 59.9 Å². The van der Waals surface area contributed by atoms with Gasteiger partial charge in [0, 0.05) is 11.3 Å². The van der Waals surface area contributed by atoms with E-state index >= 15 is 0 Å². The summed E-state index contributed by atoms with van der Waals surface area (Å²) in [6.45, 7) is 3.20. The van der Waals surface area contributed by atoms with E-state index in [0.29, 0.717) is 24.3 Å². The summed E-state index contributed by atoms with van der Waals surface area (Å²) < 4.78 is 39.7. The average Bonchev–Trinajstić information content (AvgIpc) is 2.69. The first kappa shape index (κ1) is 21.1. The van der Waals surface area contributed by atoms with E-state index in [1.54, 1.807) is 24.3 Å². The molecule has 0 spiro atoms. The molecule has 0 aromatic heterocycles. The minimum absolute atomic E-state index is 0.0606. The molecule has 1 saturated heterocycles. The van der Waals surface area contributed by atoms with Gasteiger partial charge in [0.2, 0.25) is 10.0 Å². The Balaban J connectivity index is 1.54. The van der Waals surface area contributed by atoms with Gasteiger partial charge in [-0.2, -0.15) is 4.31 Å². The highest BCUT2D eigenvalue weighted by molar-refractivity contribution is 7.89. The molecular weight excluding hydrogens is 397 g/mol. The average molecular weight is 420 g/mol. The van der Waals surface area contributed by atoms with Gasteiger partial charge in [-0.3, -0.25) is 9.59 Å². The third-order valence-corrected chi connectivity index (χ3v) is 6.76. The van der Waals surface area contributed by atoms with Crippen molar-refractivity contribution in [1.29, 1.82) is 0 Å². The summed E-state index contributed by atoms with van der Waals surface area (Å²) in [4.78, 5) is 24.8. The fourth-order valence-corrected chi connectivity index (χ4v) is 4.66. The first-order valence-corrected chi connectivity index (χ1v) is 10.7. The topological polar surface area (TPSA) is 88.0 Å². The maximum absolute atomic E-state index is 13.0. The normalized spacial score (nSPS) is 15.8. The van der Waals surface area contributed by atoms with Gasteiger partial charge >= 0.3 is 0 Å². The van der Waals surface area contributed by atoms with Crippen LogP contribution < -0.4 is 10.2 Å². The largest absolute Gasteiger partial charge is 0.325 e. The van der Waals surface area contributed by atoms with Crippen molar-refractivity contribution in [1.82, 2.24) is 4.31 Å². The van der Waals surface area contributed by atoms with Gasteiger partial charge in [0.25, 0.3) is 5.91 Å². The van der Waals surface area contributed by atoms with Gasteiger partial charge in [0.1, 0.15) is 5.82 Å². The predicted octanol–water partition coefficient (Wildman–Crippen LogP) is 0.556. The summed E-state index contributed by atoms with van der Waals surface area (Å²) in [5, 5.41) is 2.78. The predicted molar refractivity (Wildman–Crippen MR) is 106 cm³/mol. The van der Waals surface area contributed by atoms with Crippen LogP contribution in [0.15, 0.2) is 53.4 Å². The summed E-state index contributed by atoms with van der Waals surface area (Å²) in [6, 6.07) is 11.5. The minimum atomic E-state index is -3.67. The SMILES string of the molecule is CC(=O)c1cccc(NC(=O)C[NH+]2CCN(S(=O)(=O)c3ccc(F)cc3)CC2)c1. The number of benzene rings is 2. The van der Waals surface area contributed by atoms with E-state index in [1.807, 2.05) is 0 Å². The van der Waals surface area contributed by atoms with Crippen molar-refractivity contribution >= 4 is 27.4 Å². The second-order valence-electron chi connectivity index (χ2n) is 6.97. The Bertz CT molecular complexity index is 1000. The Morgan fingerprint density at radius 2 is 1.76 bits per heavy atom. The van der Waals surface area contributed by atoms with Crippen LogP contribution in [0.3, 0.4) is 0 Å². The van der Waals surface area contributed by atoms with Crippen LogP contribution in [0.5, 0.6) is 0 Å². The monoisotopic (exact) mass is 420 g/mol. The molecule has 29 heavy (non-hydrogen) atoms. The molecule has 2 N–H and O–H groups in total. The molecule has 0 aliphatic carbocycles. The molecule has 1 heterocycles. The molecule has 0 atom stereocenters. The lowest BCUT2D eigenvalue weighted by molar-refractivity contribution is -0.895. The number of Topliss-reactive ketones (excluding diaryl/α,β-unsaturated/α-hetero) is 1. The van der Waals surface area contributed by atoms with Gasteiger partial charge in [-0.15, -0.1) is 0 Å². The zero-order valence-corrected chi connectivity index (χ0v) is 16.8. The molecule has 9 heteroatoms. The first-order chi connectivity index (χ1) is 13.8. The lowest BCUT2D eigenvalue weighted by atomic mass is 10.1. The highest BCUT2D eigenvalue weighted by Crippen LogP contribution is 2.16. The van der Waals surface area contributed by atoms with Crippen LogP contribution >= 0.6 is 0 Å². The van der Waals surface area contributed by atoms with E-state index in [-0.39, 0.29) is 36.2 Å². The van der Waals surface area contributed by atoms with Crippen LogP contribution in [-0.4, -0.2) is 57.1 Å². The number of hydrogen-bond acceptors (Lipinski definition) is 4. The molecule has 0 saturated carbocycles. The molecule has 0 unspecified atom stereocenters. The number of rotatable bonds is 6. The fraction of sp³-hybridized carbons (Fsp3) is 0.300. The van der Waals surface area contributed by atoms with E-state index in [9.17, 15) is 22.4 Å². The van der Waals surface area contributed by atoms with E-state index in [4.69, 9.17) is 0 Å². The number of nitrogens with one attached hydrogen (secondary N) is 2. The maximum Gasteiger partial charge on any atom is 0.279 e. The summed E-state index contributed by atoms with van der Waals surface area (Å²) in [7, 11) is -3.67. The molecule has 3 rings (SSSR count). The molecule has 1 aliphatic heterocycles. The molecule has 7 nitrogen and oxygen atoms in total. The van der Waals surface area contributed by atoms with Crippen molar-refractivity contribution < 1.29 is 27.3 Å². The van der Waals surface area contributed by atoms with Crippen molar-refractivity contribution in [3.8, 4) is 0 Å². The van der Waals surface area contributed by atoms with Gasteiger partial charge in [0.15, 0.2) is 12.3 Å². The third-order valence-electron chi connectivity index (χ3n) is 4.84. The second-order valence-corrected chi connectivity index (χ2v) is 8.91. The number of carbonyl (C=O) groups is 2. The Morgan fingerprint density at radius 3 is 2.38 bits per heavy atom. The van der Waals surface area contributed by atoms with E-state index in [2.05, 4.69) is 5.32 Å². The van der Waals surface area contributed by atoms with Crippen LogP contribution in [0.25, 0.3) is 0 Å². The number of sulfonamides is 1.